The second-order valence-electron chi connectivity index (χ2n) is 4.17. The molecule has 6 heteroatoms. The molecular formula is C9H14O6. The minimum absolute atomic E-state index is 0.508. The lowest BCUT2D eigenvalue weighted by molar-refractivity contribution is -0.143. The molecule has 15 heavy (non-hydrogen) atoms. The number of ether oxygens (including phenoxy) is 1. The molecule has 0 aliphatic heterocycles. The molecule has 0 radical (unpaired) electrons. The molecule has 7 atom stereocenters. The summed E-state index contributed by atoms with van der Waals surface area (Å²) in [4.78, 5) is 11.2. The number of hydrogen-bond donors (Lipinski definition) is 4. The van der Waals surface area contributed by atoms with Gasteiger partial charge < -0.3 is 25.2 Å². The van der Waals surface area contributed by atoms with Crippen molar-refractivity contribution in [3.05, 3.63) is 0 Å². The van der Waals surface area contributed by atoms with E-state index in [4.69, 9.17) is 0 Å². The quantitative estimate of drug-likeness (QED) is 0.362. The van der Waals surface area contributed by atoms with Crippen LogP contribution < -0.4 is 0 Å². The first-order chi connectivity index (χ1) is 7.00. The van der Waals surface area contributed by atoms with Crippen molar-refractivity contribution in [2.75, 3.05) is 7.11 Å². The van der Waals surface area contributed by atoms with Gasteiger partial charge in [0.15, 0.2) is 0 Å². The van der Waals surface area contributed by atoms with E-state index in [0.29, 0.717) is 0 Å². The Kier molecular flexibility index (Phi) is 2.46. The van der Waals surface area contributed by atoms with Crippen LogP contribution in [0.3, 0.4) is 0 Å². The smallest absolute Gasteiger partial charge is 0.309 e. The zero-order valence-corrected chi connectivity index (χ0v) is 8.15. The highest BCUT2D eigenvalue weighted by atomic mass is 16.5. The zero-order valence-electron chi connectivity index (χ0n) is 8.15. The monoisotopic (exact) mass is 218 g/mol. The summed E-state index contributed by atoms with van der Waals surface area (Å²) in [5.41, 5.74) is 0. The molecule has 4 N–H and O–H groups in total. The maximum absolute atomic E-state index is 11.2. The zero-order chi connectivity index (χ0) is 11.3. The number of methoxy groups -OCH3 is 1. The Morgan fingerprint density at radius 1 is 0.933 bits per heavy atom. The van der Waals surface area contributed by atoms with Gasteiger partial charge in [-0.3, -0.25) is 4.79 Å². The molecule has 2 fully saturated rings. The van der Waals surface area contributed by atoms with Crippen molar-refractivity contribution < 1.29 is 30.0 Å². The fourth-order valence-corrected chi connectivity index (χ4v) is 2.55. The van der Waals surface area contributed by atoms with E-state index in [9.17, 15) is 25.2 Å². The fraction of sp³-hybridized carbons (Fsp3) is 0.889. The van der Waals surface area contributed by atoms with E-state index in [2.05, 4.69) is 4.74 Å². The average Bonchev–Trinajstić information content (AvgIpc) is 2.97. The average molecular weight is 218 g/mol. The number of hydrogen-bond acceptors (Lipinski definition) is 6. The Balaban J connectivity index is 2.16. The Bertz CT molecular complexity index is 260. The lowest BCUT2D eigenvalue weighted by Gasteiger charge is -2.31. The van der Waals surface area contributed by atoms with Gasteiger partial charge in [-0.05, 0) is 0 Å². The molecule has 0 amide bonds. The summed E-state index contributed by atoms with van der Waals surface area (Å²) in [6, 6.07) is 0. The van der Waals surface area contributed by atoms with Gasteiger partial charge in [0, 0.05) is 11.8 Å². The lowest BCUT2D eigenvalue weighted by atomic mass is 9.90. The second-order valence-corrected chi connectivity index (χ2v) is 4.17. The van der Waals surface area contributed by atoms with E-state index in [0.717, 1.165) is 0 Å². The topological polar surface area (TPSA) is 107 Å². The van der Waals surface area contributed by atoms with Gasteiger partial charge in [-0.2, -0.15) is 0 Å². The maximum Gasteiger partial charge on any atom is 0.309 e. The molecule has 0 bridgehead atoms. The molecule has 1 unspecified atom stereocenters. The summed E-state index contributed by atoms with van der Waals surface area (Å²) in [6.45, 7) is 0. The SMILES string of the molecule is COC(=O)C1[C@@H]2[C@@H](O)[C@H](O)[C@H](O)[C@@H](O)[C@H]12. The first-order valence-corrected chi connectivity index (χ1v) is 4.80. The van der Waals surface area contributed by atoms with Crippen LogP contribution in [0.25, 0.3) is 0 Å². The van der Waals surface area contributed by atoms with Gasteiger partial charge in [-0.15, -0.1) is 0 Å². The molecule has 0 saturated heterocycles. The molecule has 2 rings (SSSR count). The highest BCUT2D eigenvalue weighted by Gasteiger charge is 2.68. The second kappa shape index (κ2) is 3.41. The highest BCUT2D eigenvalue weighted by molar-refractivity contribution is 5.77. The highest BCUT2D eigenvalue weighted by Crippen LogP contribution is 2.55. The van der Waals surface area contributed by atoms with Gasteiger partial charge in [-0.1, -0.05) is 0 Å². The molecule has 86 valence electrons. The summed E-state index contributed by atoms with van der Waals surface area (Å²) >= 11 is 0. The molecule has 0 aromatic rings. The van der Waals surface area contributed by atoms with E-state index < -0.39 is 48.1 Å². The summed E-state index contributed by atoms with van der Waals surface area (Å²) < 4.78 is 4.51. The van der Waals surface area contributed by atoms with E-state index in [1.165, 1.54) is 7.11 Å². The number of fused-ring (bicyclic) bond motifs is 1. The third-order valence-electron chi connectivity index (χ3n) is 3.44. The van der Waals surface area contributed by atoms with Crippen molar-refractivity contribution in [1.29, 1.82) is 0 Å². The summed E-state index contributed by atoms with van der Waals surface area (Å²) in [5, 5.41) is 37.9. The first kappa shape index (κ1) is 10.8. The summed E-state index contributed by atoms with van der Waals surface area (Å²) in [6.07, 6.45) is -5.18. The van der Waals surface area contributed by atoms with Crippen LogP contribution in [0, 0.1) is 17.8 Å². The van der Waals surface area contributed by atoms with Gasteiger partial charge in [-0.25, -0.2) is 0 Å². The van der Waals surface area contributed by atoms with Gasteiger partial charge in [0.25, 0.3) is 0 Å². The van der Waals surface area contributed by atoms with Crippen molar-refractivity contribution >= 4 is 5.97 Å². The molecule has 2 aliphatic rings. The van der Waals surface area contributed by atoms with Crippen LogP contribution in [0.2, 0.25) is 0 Å². The Hall–Kier alpha value is -0.690. The summed E-state index contributed by atoms with van der Waals surface area (Å²) in [5.74, 6) is -2.16. The van der Waals surface area contributed by atoms with Gasteiger partial charge in [0.05, 0.1) is 25.2 Å². The Morgan fingerprint density at radius 3 is 1.67 bits per heavy atom. The van der Waals surface area contributed by atoms with Crippen LogP contribution in [0.15, 0.2) is 0 Å². The van der Waals surface area contributed by atoms with E-state index in [1.54, 1.807) is 0 Å². The maximum atomic E-state index is 11.2. The van der Waals surface area contributed by atoms with Gasteiger partial charge in [0.1, 0.15) is 12.2 Å². The van der Waals surface area contributed by atoms with Gasteiger partial charge in [0.2, 0.25) is 0 Å². The van der Waals surface area contributed by atoms with E-state index in [1.807, 2.05) is 0 Å². The number of aliphatic hydroxyl groups excluding tert-OH is 4. The lowest BCUT2D eigenvalue weighted by Crippen LogP contribution is -2.50. The minimum Gasteiger partial charge on any atom is -0.469 e. The van der Waals surface area contributed by atoms with Crippen LogP contribution in [0.4, 0.5) is 0 Å². The normalized spacial score (nSPS) is 53.3. The standard InChI is InChI=1S/C9H14O6/c1-15-9(14)4-2-3(4)6(11)8(13)7(12)5(2)10/h2-8,10-13H,1H3/t2-,3+,4?,5-,6+,7+,8-. The van der Waals surface area contributed by atoms with Crippen LogP contribution in [-0.2, 0) is 9.53 Å². The molecule has 0 aromatic heterocycles. The van der Waals surface area contributed by atoms with E-state index in [-0.39, 0.29) is 0 Å². The van der Waals surface area contributed by atoms with Crippen LogP contribution in [0.5, 0.6) is 0 Å². The number of carbonyl (C=O) groups is 1. The van der Waals surface area contributed by atoms with E-state index >= 15 is 0 Å². The van der Waals surface area contributed by atoms with Crippen molar-refractivity contribution in [2.45, 2.75) is 24.4 Å². The first-order valence-electron chi connectivity index (χ1n) is 4.80. The molecule has 0 spiro atoms. The predicted octanol–water partition coefficient (Wildman–Crippen LogP) is -2.52. The van der Waals surface area contributed by atoms with Crippen LogP contribution in [-0.4, -0.2) is 57.9 Å². The number of aliphatic hydroxyl groups is 4. The fourth-order valence-electron chi connectivity index (χ4n) is 2.55. The molecule has 2 saturated carbocycles. The Morgan fingerprint density at radius 2 is 1.33 bits per heavy atom. The minimum atomic E-state index is -1.41. The third-order valence-corrected chi connectivity index (χ3v) is 3.44. The predicted molar refractivity (Wildman–Crippen MR) is 46.5 cm³/mol. The number of esters is 1. The Labute approximate surface area is 86.1 Å². The van der Waals surface area contributed by atoms with Crippen molar-refractivity contribution in [2.24, 2.45) is 17.8 Å². The molecule has 0 heterocycles. The number of rotatable bonds is 1. The summed E-state index contributed by atoms with van der Waals surface area (Å²) in [7, 11) is 1.22. The van der Waals surface area contributed by atoms with Gasteiger partial charge >= 0.3 is 5.97 Å². The molecular weight excluding hydrogens is 204 g/mol. The van der Waals surface area contributed by atoms with Crippen LogP contribution >= 0.6 is 0 Å². The molecule has 2 aliphatic carbocycles. The molecule has 6 nitrogen and oxygen atoms in total. The van der Waals surface area contributed by atoms with Crippen molar-refractivity contribution in [3.8, 4) is 0 Å². The molecule has 0 aromatic carbocycles. The third kappa shape index (κ3) is 1.37. The van der Waals surface area contributed by atoms with Crippen molar-refractivity contribution in [1.82, 2.24) is 0 Å². The number of carbonyl (C=O) groups excluding carboxylic acids is 1. The largest absolute Gasteiger partial charge is 0.469 e. The van der Waals surface area contributed by atoms with Crippen LogP contribution in [0.1, 0.15) is 0 Å². The van der Waals surface area contributed by atoms with Crippen molar-refractivity contribution in [3.63, 3.8) is 0 Å².